The molecule has 0 bridgehead atoms. The maximum Gasteiger partial charge on any atom is 0.163 e. The van der Waals surface area contributed by atoms with Gasteiger partial charge in [-0.3, -0.25) is 0 Å². The summed E-state index contributed by atoms with van der Waals surface area (Å²) < 4.78 is 12.6. The molecule has 0 unspecified atom stereocenters. The van der Waals surface area contributed by atoms with E-state index in [0.717, 1.165) is 39.5 Å². The lowest BCUT2D eigenvalue weighted by Gasteiger charge is -2.07. The molecular formula is C21H18ClN3O2. The zero-order chi connectivity index (χ0) is 18.8. The van der Waals surface area contributed by atoms with Crippen LogP contribution in [0, 0.1) is 0 Å². The molecule has 0 saturated heterocycles. The molecule has 0 N–H and O–H groups in total. The SMILES string of the molecule is COCc1nn2c(-c3cccc(OC)c3)ccnc2c1-c1ccc(Cl)cc1. The van der Waals surface area contributed by atoms with Crippen LogP contribution in [-0.4, -0.2) is 28.8 Å². The van der Waals surface area contributed by atoms with Gasteiger partial charge >= 0.3 is 0 Å². The van der Waals surface area contributed by atoms with E-state index in [0.29, 0.717) is 11.6 Å². The van der Waals surface area contributed by atoms with Crippen molar-refractivity contribution < 1.29 is 9.47 Å². The van der Waals surface area contributed by atoms with Gasteiger partial charge in [0.25, 0.3) is 0 Å². The molecule has 0 saturated carbocycles. The van der Waals surface area contributed by atoms with Crippen LogP contribution in [-0.2, 0) is 11.3 Å². The molecule has 0 aliphatic carbocycles. The number of fused-ring (bicyclic) bond motifs is 1. The van der Waals surface area contributed by atoms with E-state index in [4.69, 9.17) is 26.2 Å². The molecule has 4 aromatic rings. The number of rotatable bonds is 5. The van der Waals surface area contributed by atoms with E-state index < -0.39 is 0 Å². The summed E-state index contributed by atoms with van der Waals surface area (Å²) in [5.41, 5.74) is 5.45. The topological polar surface area (TPSA) is 48.7 Å². The summed E-state index contributed by atoms with van der Waals surface area (Å²) in [4.78, 5) is 4.59. The number of aromatic nitrogens is 3. The second-order valence-electron chi connectivity index (χ2n) is 6.06. The second kappa shape index (κ2) is 7.39. The Morgan fingerprint density at radius 2 is 1.81 bits per heavy atom. The number of hydrogen-bond donors (Lipinski definition) is 0. The van der Waals surface area contributed by atoms with E-state index in [2.05, 4.69) is 4.98 Å². The molecule has 0 spiro atoms. The van der Waals surface area contributed by atoms with Gasteiger partial charge in [-0.2, -0.15) is 5.10 Å². The van der Waals surface area contributed by atoms with Crippen molar-refractivity contribution in [2.45, 2.75) is 6.61 Å². The Balaban J connectivity index is 1.96. The largest absolute Gasteiger partial charge is 0.497 e. The maximum atomic E-state index is 6.05. The molecule has 136 valence electrons. The van der Waals surface area contributed by atoms with Gasteiger partial charge < -0.3 is 9.47 Å². The molecule has 27 heavy (non-hydrogen) atoms. The zero-order valence-corrected chi connectivity index (χ0v) is 15.8. The fraction of sp³-hybridized carbons (Fsp3) is 0.143. The summed E-state index contributed by atoms with van der Waals surface area (Å²) >= 11 is 6.05. The van der Waals surface area contributed by atoms with E-state index >= 15 is 0 Å². The quantitative estimate of drug-likeness (QED) is 0.496. The minimum absolute atomic E-state index is 0.388. The average Bonchev–Trinajstić information content (AvgIpc) is 3.07. The first-order chi connectivity index (χ1) is 13.2. The molecule has 0 amide bonds. The van der Waals surface area contributed by atoms with Gasteiger partial charge in [0.05, 0.1) is 30.7 Å². The number of benzene rings is 2. The van der Waals surface area contributed by atoms with Crippen LogP contribution in [0.4, 0.5) is 0 Å². The van der Waals surface area contributed by atoms with Crippen molar-refractivity contribution in [3.05, 3.63) is 71.5 Å². The van der Waals surface area contributed by atoms with E-state index in [1.165, 1.54) is 0 Å². The summed E-state index contributed by atoms with van der Waals surface area (Å²) in [6.45, 7) is 0.388. The Kier molecular flexibility index (Phi) is 4.79. The number of hydrogen-bond acceptors (Lipinski definition) is 4. The van der Waals surface area contributed by atoms with Gasteiger partial charge in [0.1, 0.15) is 5.75 Å². The smallest absolute Gasteiger partial charge is 0.163 e. The van der Waals surface area contributed by atoms with Crippen molar-refractivity contribution >= 4 is 17.2 Å². The molecule has 0 aliphatic rings. The van der Waals surface area contributed by atoms with Gasteiger partial charge in [-0.15, -0.1) is 0 Å². The Hall–Kier alpha value is -2.89. The van der Waals surface area contributed by atoms with Crippen LogP contribution in [0.1, 0.15) is 5.69 Å². The van der Waals surface area contributed by atoms with Gasteiger partial charge in [-0.25, -0.2) is 9.50 Å². The van der Waals surface area contributed by atoms with Gasteiger partial charge in [-0.05, 0) is 35.9 Å². The van der Waals surface area contributed by atoms with E-state index in [1.807, 2.05) is 59.1 Å². The molecule has 6 heteroatoms. The Morgan fingerprint density at radius 1 is 1.00 bits per heavy atom. The Morgan fingerprint density at radius 3 is 2.56 bits per heavy atom. The number of nitrogens with zero attached hydrogens (tertiary/aromatic N) is 3. The molecule has 0 fully saturated rings. The predicted octanol–water partition coefficient (Wildman–Crippen LogP) is 4.87. The highest BCUT2D eigenvalue weighted by molar-refractivity contribution is 6.30. The second-order valence-corrected chi connectivity index (χ2v) is 6.50. The van der Waals surface area contributed by atoms with Crippen LogP contribution in [0.5, 0.6) is 5.75 Å². The van der Waals surface area contributed by atoms with E-state index in [1.54, 1.807) is 20.4 Å². The average molecular weight is 380 g/mol. The standard InChI is InChI=1S/C21H18ClN3O2/c1-26-13-18-20(14-6-8-16(22)9-7-14)21-23-11-10-19(25(21)24-18)15-4-3-5-17(12-15)27-2/h3-12H,13H2,1-2H3. The number of halogens is 1. The molecule has 0 atom stereocenters. The highest BCUT2D eigenvalue weighted by atomic mass is 35.5. The van der Waals surface area contributed by atoms with E-state index in [-0.39, 0.29) is 0 Å². The summed E-state index contributed by atoms with van der Waals surface area (Å²) in [6.07, 6.45) is 1.79. The van der Waals surface area contributed by atoms with Crippen LogP contribution in [0.25, 0.3) is 28.0 Å². The summed E-state index contributed by atoms with van der Waals surface area (Å²) in [7, 11) is 3.32. The summed E-state index contributed by atoms with van der Waals surface area (Å²) in [5.74, 6) is 0.791. The minimum atomic E-state index is 0.388. The summed E-state index contributed by atoms with van der Waals surface area (Å²) in [5, 5.41) is 5.48. The van der Waals surface area contributed by atoms with Crippen molar-refractivity contribution in [3.63, 3.8) is 0 Å². The van der Waals surface area contributed by atoms with Crippen molar-refractivity contribution in [3.8, 4) is 28.1 Å². The lowest BCUT2D eigenvalue weighted by molar-refractivity contribution is 0.181. The highest BCUT2D eigenvalue weighted by Gasteiger charge is 2.18. The maximum absolute atomic E-state index is 6.05. The van der Waals surface area contributed by atoms with Crippen molar-refractivity contribution in [2.75, 3.05) is 14.2 Å². The monoisotopic (exact) mass is 379 g/mol. The Labute approximate surface area is 162 Å². The van der Waals surface area contributed by atoms with Gasteiger partial charge in [0, 0.05) is 23.9 Å². The molecule has 0 radical (unpaired) electrons. The zero-order valence-electron chi connectivity index (χ0n) is 15.0. The Bertz CT molecular complexity index is 1090. The fourth-order valence-corrected chi connectivity index (χ4v) is 3.27. The van der Waals surface area contributed by atoms with E-state index in [9.17, 15) is 0 Å². The number of ether oxygens (including phenoxy) is 2. The van der Waals surface area contributed by atoms with Crippen LogP contribution < -0.4 is 4.74 Å². The lowest BCUT2D eigenvalue weighted by atomic mass is 10.1. The van der Waals surface area contributed by atoms with Crippen molar-refractivity contribution in [2.24, 2.45) is 0 Å². The molecule has 2 heterocycles. The third-order valence-electron chi connectivity index (χ3n) is 4.37. The third kappa shape index (κ3) is 3.27. The van der Waals surface area contributed by atoms with Crippen molar-refractivity contribution in [1.29, 1.82) is 0 Å². The first-order valence-corrected chi connectivity index (χ1v) is 8.85. The predicted molar refractivity (Wildman–Crippen MR) is 106 cm³/mol. The van der Waals surface area contributed by atoms with Crippen LogP contribution >= 0.6 is 11.6 Å². The van der Waals surface area contributed by atoms with Crippen LogP contribution in [0.2, 0.25) is 5.02 Å². The van der Waals surface area contributed by atoms with Gasteiger partial charge in [0.2, 0.25) is 0 Å². The van der Waals surface area contributed by atoms with Crippen molar-refractivity contribution in [1.82, 2.24) is 14.6 Å². The molecule has 2 aromatic heterocycles. The molecule has 4 rings (SSSR count). The van der Waals surface area contributed by atoms with Crippen LogP contribution in [0.15, 0.2) is 60.8 Å². The highest BCUT2D eigenvalue weighted by Crippen LogP contribution is 2.32. The molecule has 0 aliphatic heterocycles. The fourth-order valence-electron chi connectivity index (χ4n) is 3.14. The minimum Gasteiger partial charge on any atom is -0.497 e. The summed E-state index contributed by atoms with van der Waals surface area (Å²) in [6, 6.07) is 17.5. The lowest BCUT2D eigenvalue weighted by Crippen LogP contribution is -1.97. The third-order valence-corrected chi connectivity index (χ3v) is 4.62. The first-order valence-electron chi connectivity index (χ1n) is 8.47. The molecule has 5 nitrogen and oxygen atoms in total. The van der Waals surface area contributed by atoms with Gasteiger partial charge in [-0.1, -0.05) is 35.9 Å². The normalized spacial score (nSPS) is 11.1. The molecular weight excluding hydrogens is 362 g/mol. The number of methoxy groups -OCH3 is 2. The van der Waals surface area contributed by atoms with Gasteiger partial charge in [0.15, 0.2) is 5.65 Å². The first kappa shape index (κ1) is 17.5. The van der Waals surface area contributed by atoms with Crippen LogP contribution in [0.3, 0.4) is 0 Å². The molecule has 2 aromatic carbocycles.